The fourth-order valence-electron chi connectivity index (χ4n) is 3.57. The zero-order valence-electron chi connectivity index (χ0n) is 18.6. The second-order valence-corrected chi connectivity index (χ2v) is 7.79. The molecule has 3 aromatic rings. The molecule has 3 amide bonds. The number of hydrogen-bond donors (Lipinski definition) is 3. The van der Waals surface area contributed by atoms with E-state index in [0.717, 1.165) is 0 Å². The normalized spacial score (nSPS) is 13.1. The second-order valence-electron chi connectivity index (χ2n) is 7.79. The highest BCUT2D eigenvalue weighted by atomic mass is 16.5. The van der Waals surface area contributed by atoms with Crippen LogP contribution in [0, 0.1) is 0 Å². The third-order valence-electron chi connectivity index (χ3n) is 5.30. The quantitative estimate of drug-likeness (QED) is 0.504. The Bertz CT molecular complexity index is 1160. The van der Waals surface area contributed by atoms with E-state index in [1.165, 1.54) is 0 Å². The maximum atomic E-state index is 12.7. The van der Waals surface area contributed by atoms with Gasteiger partial charge in [0.25, 0.3) is 11.8 Å². The van der Waals surface area contributed by atoms with Crippen molar-refractivity contribution < 1.29 is 19.1 Å². The minimum atomic E-state index is -0.255. The van der Waals surface area contributed by atoms with Crippen LogP contribution < -0.4 is 16.0 Å². The molecule has 3 N–H and O–H groups in total. The largest absolute Gasteiger partial charge is 0.378 e. The highest BCUT2D eigenvalue weighted by Gasteiger charge is 2.18. The number of nitrogens with zero attached hydrogens (tertiary/aromatic N) is 1. The number of amides is 3. The van der Waals surface area contributed by atoms with Crippen molar-refractivity contribution in [3.63, 3.8) is 0 Å². The van der Waals surface area contributed by atoms with Gasteiger partial charge in [-0.15, -0.1) is 0 Å². The summed E-state index contributed by atoms with van der Waals surface area (Å²) in [6, 6.07) is 23.0. The molecule has 174 valence electrons. The van der Waals surface area contributed by atoms with Gasteiger partial charge < -0.3 is 25.6 Å². The Morgan fingerprint density at radius 3 is 2.15 bits per heavy atom. The first-order chi connectivity index (χ1) is 16.6. The lowest BCUT2D eigenvalue weighted by Crippen LogP contribution is -2.40. The predicted octanol–water partition coefficient (Wildman–Crippen LogP) is 3.46. The number of nitrogens with one attached hydrogen (secondary N) is 3. The molecule has 1 aliphatic rings. The van der Waals surface area contributed by atoms with Gasteiger partial charge in [0, 0.05) is 41.3 Å². The van der Waals surface area contributed by atoms with Crippen LogP contribution in [0.15, 0.2) is 78.9 Å². The standard InChI is InChI=1S/C26H26N4O4/c31-24(28-22-10-4-8-20(16-22)26(33)30-12-14-34-15-13-30)18-27-21-9-5-11-23(17-21)29-25(32)19-6-2-1-3-7-19/h1-11,16-17,27H,12-15,18H2,(H,28,31)(H,29,32). The van der Waals surface area contributed by atoms with Crippen molar-refractivity contribution in [1.82, 2.24) is 4.90 Å². The Hall–Kier alpha value is -4.17. The Labute approximate surface area is 197 Å². The van der Waals surface area contributed by atoms with Crippen LogP contribution in [0.2, 0.25) is 0 Å². The zero-order chi connectivity index (χ0) is 23.8. The molecule has 0 aromatic heterocycles. The number of anilines is 3. The molecule has 8 heteroatoms. The summed E-state index contributed by atoms with van der Waals surface area (Å²) in [5.41, 5.74) is 2.95. The summed E-state index contributed by atoms with van der Waals surface area (Å²) in [6.07, 6.45) is 0. The predicted molar refractivity (Wildman–Crippen MR) is 131 cm³/mol. The van der Waals surface area contributed by atoms with E-state index >= 15 is 0 Å². The van der Waals surface area contributed by atoms with Crippen LogP contribution in [0.5, 0.6) is 0 Å². The summed E-state index contributed by atoms with van der Waals surface area (Å²) in [7, 11) is 0. The summed E-state index contributed by atoms with van der Waals surface area (Å²) in [4.78, 5) is 39.2. The minimum Gasteiger partial charge on any atom is -0.378 e. The van der Waals surface area contributed by atoms with Crippen molar-refractivity contribution in [1.29, 1.82) is 0 Å². The molecule has 1 fully saturated rings. The van der Waals surface area contributed by atoms with Gasteiger partial charge in [0.15, 0.2) is 0 Å². The van der Waals surface area contributed by atoms with E-state index in [1.54, 1.807) is 71.6 Å². The van der Waals surface area contributed by atoms with Crippen molar-refractivity contribution in [2.24, 2.45) is 0 Å². The van der Waals surface area contributed by atoms with Crippen LogP contribution in [0.25, 0.3) is 0 Å². The van der Waals surface area contributed by atoms with Crippen LogP contribution in [0.1, 0.15) is 20.7 Å². The maximum absolute atomic E-state index is 12.7. The molecular formula is C26H26N4O4. The summed E-state index contributed by atoms with van der Waals surface area (Å²) in [5.74, 6) is -0.538. The van der Waals surface area contributed by atoms with Gasteiger partial charge in [-0.05, 0) is 48.5 Å². The third kappa shape index (κ3) is 6.20. The van der Waals surface area contributed by atoms with Gasteiger partial charge in [-0.2, -0.15) is 0 Å². The van der Waals surface area contributed by atoms with Gasteiger partial charge >= 0.3 is 0 Å². The lowest BCUT2D eigenvalue weighted by Gasteiger charge is -2.27. The summed E-state index contributed by atoms with van der Waals surface area (Å²) >= 11 is 0. The molecule has 0 aliphatic carbocycles. The van der Waals surface area contributed by atoms with Crippen molar-refractivity contribution in [2.45, 2.75) is 0 Å². The minimum absolute atomic E-state index is 0.0255. The fourth-order valence-corrected chi connectivity index (χ4v) is 3.57. The van der Waals surface area contributed by atoms with E-state index in [9.17, 15) is 14.4 Å². The summed E-state index contributed by atoms with van der Waals surface area (Å²) in [5, 5.41) is 8.71. The van der Waals surface area contributed by atoms with Crippen molar-refractivity contribution >= 4 is 34.8 Å². The Morgan fingerprint density at radius 1 is 0.735 bits per heavy atom. The number of benzene rings is 3. The molecule has 1 saturated heterocycles. The van der Waals surface area contributed by atoms with E-state index in [2.05, 4.69) is 16.0 Å². The smallest absolute Gasteiger partial charge is 0.255 e. The average molecular weight is 459 g/mol. The first-order valence-corrected chi connectivity index (χ1v) is 11.1. The Balaban J connectivity index is 1.31. The first kappa shape index (κ1) is 23.0. The van der Waals surface area contributed by atoms with Crippen molar-refractivity contribution in [3.8, 4) is 0 Å². The average Bonchev–Trinajstić information content (AvgIpc) is 2.88. The van der Waals surface area contributed by atoms with Crippen LogP contribution in [0.3, 0.4) is 0 Å². The fraction of sp³-hybridized carbons (Fsp3) is 0.192. The Kier molecular flexibility index (Phi) is 7.52. The molecule has 34 heavy (non-hydrogen) atoms. The van der Waals surface area contributed by atoms with Gasteiger partial charge in [0.1, 0.15) is 0 Å². The molecule has 0 bridgehead atoms. The molecule has 0 radical (unpaired) electrons. The molecule has 3 aromatic carbocycles. The highest BCUT2D eigenvalue weighted by molar-refractivity contribution is 6.04. The Morgan fingerprint density at radius 2 is 1.38 bits per heavy atom. The van der Waals surface area contributed by atoms with Crippen molar-refractivity contribution in [3.05, 3.63) is 90.0 Å². The molecule has 1 heterocycles. The van der Waals surface area contributed by atoms with Crippen LogP contribution in [-0.2, 0) is 9.53 Å². The number of rotatable bonds is 7. The summed E-state index contributed by atoms with van der Waals surface area (Å²) < 4.78 is 5.29. The molecule has 0 spiro atoms. The van der Waals surface area contributed by atoms with Gasteiger partial charge in [-0.1, -0.05) is 30.3 Å². The number of morpholine rings is 1. The molecule has 1 aliphatic heterocycles. The summed E-state index contributed by atoms with van der Waals surface area (Å²) in [6.45, 7) is 2.21. The molecule has 0 unspecified atom stereocenters. The lowest BCUT2D eigenvalue weighted by molar-refractivity contribution is -0.114. The molecule has 0 atom stereocenters. The van der Waals surface area contributed by atoms with Crippen LogP contribution in [0.4, 0.5) is 17.1 Å². The highest BCUT2D eigenvalue weighted by Crippen LogP contribution is 2.17. The van der Waals surface area contributed by atoms with E-state index in [-0.39, 0.29) is 24.3 Å². The van der Waals surface area contributed by atoms with Gasteiger partial charge in [-0.3, -0.25) is 14.4 Å². The lowest BCUT2D eigenvalue weighted by atomic mass is 10.1. The third-order valence-corrected chi connectivity index (χ3v) is 5.30. The number of hydrogen-bond acceptors (Lipinski definition) is 5. The van der Waals surface area contributed by atoms with Gasteiger partial charge in [0.05, 0.1) is 19.8 Å². The second kappa shape index (κ2) is 11.1. The number of ether oxygens (including phenoxy) is 1. The first-order valence-electron chi connectivity index (χ1n) is 11.1. The molecule has 0 saturated carbocycles. The maximum Gasteiger partial charge on any atom is 0.255 e. The topological polar surface area (TPSA) is 99.8 Å². The number of carbonyl (C=O) groups is 3. The molecule has 8 nitrogen and oxygen atoms in total. The van der Waals surface area contributed by atoms with E-state index in [4.69, 9.17) is 4.74 Å². The number of carbonyl (C=O) groups excluding carboxylic acids is 3. The zero-order valence-corrected chi connectivity index (χ0v) is 18.6. The van der Waals surface area contributed by atoms with Gasteiger partial charge in [0.2, 0.25) is 5.91 Å². The van der Waals surface area contributed by atoms with Crippen LogP contribution >= 0.6 is 0 Å². The van der Waals surface area contributed by atoms with Gasteiger partial charge in [-0.25, -0.2) is 0 Å². The molecule has 4 rings (SSSR count). The van der Waals surface area contributed by atoms with Crippen LogP contribution in [-0.4, -0.2) is 55.5 Å². The van der Waals surface area contributed by atoms with E-state index < -0.39 is 0 Å². The monoisotopic (exact) mass is 458 g/mol. The van der Waals surface area contributed by atoms with E-state index in [0.29, 0.717) is 54.5 Å². The molecular weight excluding hydrogens is 432 g/mol. The van der Waals surface area contributed by atoms with Crippen molar-refractivity contribution in [2.75, 3.05) is 48.8 Å². The van der Waals surface area contributed by atoms with E-state index in [1.807, 2.05) is 12.1 Å². The SMILES string of the molecule is O=C(CNc1cccc(NC(=O)c2ccccc2)c1)Nc1cccc(C(=O)N2CCOCC2)c1.